The van der Waals surface area contributed by atoms with Gasteiger partial charge in [0, 0.05) is 41.0 Å². The van der Waals surface area contributed by atoms with Crippen molar-refractivity contribution in [2.24, 2.45) is 25.6 Å². The van der Waals surface area contributed by atoms with Gasteiger partial charge in [-0.15, -0.1) is 25.4 Å². The van der Waals surface area contributed by atoms with E-state index < -0.39 is 85.5 Å². The minimum absolute atomic E-state index is 0. The minimum Gasteiger partial charge on any atom is -0.573 e. The Morgan fingerprint density at radius 3 is 2.02 bits per heavy atom. The molecule has 0 aliphatic carbocycles. The van der Waals surface area contributed by atoms with Gasteiger partial charge >= 0.3 is 23.0 Å². The Morgan fingerprint density at radius 1 is 0.825 bits per heavy atom. The summed E-state index contributed by atoms with van der Waals surface area (Å²) < 4.78 is 126. The van der Waals surface area contributed by atoms with Crippen molar-refractivity contribution in [1.82, 2.24) is 9.97 Å². The number of halogens is 2. The third-order valence-electron chi connectivity index (χ3n) is 6.94. The molecule has 0 atom stereocenters. The number of aromatic carboxylic acids is 1. The predicted molar refractivity (Wildman–Crippen MR) is 211 cm³/mol. The standard InChI is InChI=1S/C27H23N7O15S4.C4H3FN2.CH3F.Cu/c1-28-15-3-5-16(6-4-15)29-31-21-10-14(2-9-23(21)52(42,43)44)26(33-30-20-8-7-17(50-49-48-38)11-19(20)27(36)37)34-32-22-12-18(51(39,40)41)13-24(25(22)35)53(45,46)47;5-4-1-2-6-3-7-4;1-2;/h2-13H,1H3,(H8,28,29,30,31,32,33,34,35,36,37,38,39,40,41,42,43,44,45,46,47);1-3H;1H3;/q;;;+1/p-1. The SMILES string of the molecule is CF.CNc1ccc(N=Nc2cc(C(N=Nc3cc(S(=O)(=O)O)cc(S(=O)(=O)O)c3O)=N[N-]c3ccc(SOOO)cc3C(=O)O)ccc2S(=O)(=O)O)cc1.Fc1ccncn1.[Cu+]. The van der Waals surface area contributed by atoms with Crippen LogP contribution in [0.5, 0.6) is 5.75 Å². The number of carboxylic acid groups (broad SMARTS) is 1. The number of hydrogen-bond donors (Lipinski definition) is 7. The number of carbonyl (C=O) groups is 1. The largest absolute Gasteiger partial charge is 1.00 e. The van der Waals surface area contributed by atoms with Gasteiger partial charge in [0.15, 0.2) is 11.6 Å². The first-order valence-corrected chi connectivity index (χ1v) is 20.9. The summed E-state index contributed by atoms with van der Waals surface area (Å²) in [6, 6.07) is 14.4. The molecular weight excluding hydrogens is 980 g/mol. The molecule has 0 amide bonds. The fourth-order valence-electron chi connectivity index (χ4n) is 4.24. The molecule has 0 saturated carbocycles. The number of rotatable bonds is 14. The molecule has 0 unspecified atom stereocenters. The average Bonchev–Trinajstić information content (AvgIpc) is 3.23. The molecule has 24 nitrogen and oxygen atoms in total. The number of benzene rings is 4. The van der Waals surface area contributed by atoms with E-state index in [4.69, 9.17) is 5.26 Å². The molecule has 0 fully saturated rings. The third-order valence-corrected chi connectivity index (χ3v) is 10.1. The maximum absolute atomic E-state index is 12.2. The summed E-state index contributed by atoms with van der Waals surface area (Å²) in [7, 11) is -13.3. The van der Waals surface area contributed by atoms with Gasteiger partial charge in [0.2, 0.25) is 5.95 Å². The van der Waals surface area contributed by atoms with Crippen molar-refractivity contribution in [3.63, 3.8) is 0 Å². The van der Waals surface area contributed by atoms with Crippen molar-refractivity contribution in [2.45, 2.75) is 19.6 Å². The van der Waals surface area contributed by atoms with E-state index >= 15 is 0 Å². The first-order chi connectivity index (χ1) is 29.2. The number of phenolic OH excluding ortho intramolecular Hbond substituents is 1. The number of nitrogens with zero attached hydrogens (tertiary/aromatic N) is 8. The number of nitrogens with one attached hydrogen (secondary N) is 1. The van der Waals surface area contributed by atoms with Crippen molar-refractivity contribution in [2.75, 3.05) is 19.5 Å². The number of azo groups is 2. The zero-order valence-corrected chi connectivity index (χ0v) is 35.5. The number of anilines is 1. The maximum atomic E-state index is 12.2. The van der Waals surface area contributed by atoms with Crippen LogP contribution in [0.4, 0.5) is 37.2 Å². The Labute approximate surface area is 369 Å². The number of aromatic nitrogens is 2. The van der Waals surface area contributed by atoms with Crippen LogP contribution in [0.15, 0.2) is 137 Å². The molecule has 1 aromatic heterocycles. The molecule has 0 bridgehead atoms. The van der Waals surface area contributed by atoms with Crippen molar-refractivity contribution >= 4 is 82.6 Å². The molecule has 1 heterocycles. The third kappa shape index (κ3) is 16.0. The average molecular weight is 1010 g/mol. The first-order valence-electron chi connectivity index (χ1n) is 15.9. The number of phenols is 1. The van der Waals surface area contributed by atoms with Crippen LogP contribution < -0.4 is 5.32 Å². The summed E-state index contributed by atoms with van der Waals surface area (Å²) in [5.74, 6) is -4.04. The second-order valence-electron chi connectivity index (χ2n) is 10.9. The van der Waals surface area contributed by atoms with Crippen molar-refractivity contribution in [3.05, 3.63) is 114 Å². The molecule has 4 aromatic carbocycles. The fourth-order valence-corrected chi connectivity index (χ4v) is 6.47. The molecule has 340 valence electrons. The van der Waals surface area contributed by atoms with E-state index in [9.17, 15) is 62.7 Å². The van der Waals surface area contributed by atoms with E-state index in [-0.39, 0.29) is 45.0 Å². The summed E-state index contributed by atoms with van der Waals surface area (Å²) in [6.07, 6.45) is 2.51. The number of hydrogen-bond acceptors (Lipinski definition) is 19. The summed E-state index contributed by atoms with van der Waals surface area (Å²) in [5.41, 5.74) is 2.23. The van der Waals surface area contributed by atoms with Gasteiger partial charge in [-0.05, 0) is 66.7 Å². The fraction of sp³-hybridized carbons (Fsp3) is 0.0625. The molecule has 5 aromatic rings. The summed E-state index contributed by atoms with van der Waals surface area (Å²) in [4.78, 5) is 15.5. The summed E-state index contributed by atoms with van der Waals surface area (Å²) >= 11 is 0.421. The Bertz CT molecular complexity index is 2810. The van der Waals surface area contributed by atoms with E-state index in [2.05, 4.69) is 55.6 Å². The minimum atomic E-state index is -5.33. The van der Waals surface area contributed by atoms with E-state index in [1.807, 2.05) is 0 Å². The number of alkyl halides is 1. The Balaban J connectivity index is 0.00000122. The quantitative estimate of drug-likeness (QED) is 0.00673. The van der Waals surface area contributed by atoms with Crippen molar-refractivity contribution in [3.8, 4) is 5.75 Å². The van der Waals surface area contributed by atoms with Crippen LogP contribution in [0.2, 0.25) is 0 Å². The van der Waals surface area contributed by atoms with Crippen LogP contribution in [0.25, 0.3) is 5.43 Å². The Morgan fingerprint density at radius 2 is 1.49 bits per heavy atom. The maximum Gasteiger partial charge on any atom is 1.00 e. The van der Waals surface area contributed by atoms with Crippen LogP contribution in [0.1, 0.15) is 15.9 Å². The zero-order valence-electron chi connectivity index (χ0n) is 31.3. The molecule has 0 aliphatic rings. The molecule has 0 spiro atoms. The molecule has 0 saturated heterocycles. The van der Waals surface area contributed by atoms with Crippen LogP contribution in [-0.2, 0) is 56.8 Å². The Kier molecular flexibility index (Phi) is 20.3. The summed E-state index contributed by atoms with van der Waals surface area (Å²) in [5, 5.41) is 54.1. The van der Waals surface area contributed by atoms with Crippen LogP contribution in [-0.4, -0.2) is 90.4 Å². The van der Waals surface area contributed by atoms with Gasteiger partial charge in [-0.2, -0.15) is 34.8 Å². The molecule has 7 N–H and O–H groups in total. The van der Waals surface area contributed by atoms with Crippen molar-refractivity contribution in [1.29, 1.82) is 0 Å². The molecule has 63 heavy (non-hydrogen) atoms. The molecule has 0 aliphatic heterocycles. The van der Waals surface area contributed by atoms with Crippen molar-refractivity contribution < 1.29 is 94.4 Å². The van der Waals surface area contributed by atoms with Crippen LogP contribution in [0, 0.1) is 5.95 Å². The van der Waals surface area contributed by atoms with Gasteiger partial charge in [0.25, 0.3) is 30.4 Å². The monoisotopic (exact) mass is 1010 g/mol. The number of carboxylic acids is 1. The number of amidine groups is 1. The van der Waals surface area contributed by atoms with Gasteiger partial charge in [-0.25, -0.2) is 20.0 Å². The van der Waals surface area contributed by atoms with Gasteiger partial charge in [-0.1, -0.05) is 11.1 Å². The zero-order chi connectivity index (χ0) is 46.3. The summed E-state index contributed by atoms with van der Waals surface area (Å²) in [6.45, 7) is 0. The van der Waals surface area contributed by atoms with Gasteiger partial charge in [-0.3, -0.25) is 18.0 Å². The smallest absolute Gasteiger partial charge is 0.573 e. The second-order valence-corrected chi connectivity index (χ2v) is 15.8. The van der Waals surface area contributed by atoms with E-state index in [0.29, 0.717) is 31.0 Å². The van der Waals surface area contributed by atoms with E-state index in [0.717, 1.165) is 36.7 Å². The Hall–Kier alpha value is -5.96. The van der Waals surface area contributed by atoms with Gasteiger partial charge < -0.3 is 26.1 Å². The first kappa shape index (κ1) is 53.2. The molecule has 5 rings (SSSR count). The molecule has 0 radical (unpaired) electrons. The predicted octanol–water partition coefficient (Wildman–Crippen LogP) is 7.07. The second kappa shape index (κ2) is 24.0. The normalized spacial score (nSPS) is 11.8. The van der Waals surface area contributed by atoms with Crippen LogP contribution in [0.3, 0.4) is 0 Å². The van der Waals surface area contributed by atoms with Crippen LogP contribution >= 0.6 is 12.0 Å². The topological polar surface area (TPSA) is 373 Å². The molecule has 31 heteroatoms. The van der Waals surface area contributed by atoms with Gasteiger partial charge in [0.1, 0.15) is 27.5 Å². The number of aromatic hydroxyl groups is 1. The van der Waals surface area contributed by atoms with Gasteiger partial charge in [0.05, 0.1) is 29.8 Å². The van der Waals surface area contributed by atoms with E-state index in [1.54, 1.807) is 19.2 Å². The molecular formula is C32H28CuF2N9O15S4. The van der Waals surface area contributed by atoms with E-state index in [1.165, 1.54) is 30.5 Å².